The molecule has 24 heavy (non-hydrogen) atoms. The van der Waals surface area contributed by atoms with Gasteiger partial charge in [-0.15, -0.1) is 0 Å². The predicted molar refractivity (Wildman–Crippen MR) is 92.8 cm³/mol. The normalized spacial score (nSPS) is 17.5. The highest BCUT2D eigenvalue weighted by atomic mass is 32.1. The standard InChI is InChI=1S/C17H22N4O2S/c22-16(14-4-2-1-3-5-14)12-21-8-6-13(7-9-21)10-18-17(23)15-11-19-24-20-15/h1-5,11,13,16,22H,6-10,12H2,(H,18,23)/t16-/m1/s1. The third-order valence-corrected chi connectivity index (χ3v) is 4.95. The first kappa shape index (κ1) is 17.0. The van der Waals surface area contributed by atoms with Crippen molar-refractivity contribution in [1.82, 2.24) is 19.0 Å². The lowest BCUT2D eigenvalue weighted by molar-refractivity contribution is 0.0850. The third-order valence-electron chi connectivity index (χ3n) is 4.47. The van der Waals surface area contributed by atoms with E-state index in [-0.39, 0.29) is 5.91 Å². The number of nitrogens with one attached hydrogen (secondary N) is 1. The summed E-state index contributed by atoms with van der Waals surface area (Å²) in [7, 11) is 0. The number of aliphatic hydroxyl groups excluding tert-OH is 1. The maximum absolute atomic E-state index is 11.9. The van der Waals surface area contributed by atoms with Crippen LogP contribution in [-0.2, 0) is 0 Å². The van der Waals surface area contributed by atoms with Gasteiger partial charge in [-0.2, -0.15) is 8.75 Å². The molecular formula is C17H22N4O2S. The van der Waals surface area contributed by atoms with E-state index in [1.54, 1.807) is 0 Å². The van der Waals surface area contributed by atoms with E-state index >= 15 is 0 Å². The minimum absolute atomic E-state index is 0.148. The van der Waals surface area contributed by atoms with Crippen LogP contribution in [0.5, 0.6) is 0 Å². The molecule has 1 fully saturated rings. The topological polar surface area (TPSA) is 78.4 Å². The van der Waals surface area contributed by atoms with E-state index in [2.05, 4.69) is 19.0 Å². The molecule has 3 rings (SSSR count). The lowest BCUT2D eigenvalue weighted by Crippen LogP contribution is -2.40. The molecule has 0 radical (unpaired) electrons. The van der Waals surface area contributed by atoms with E-state index in [0.29, 0.717) is 24.7 Å². The minimum Gasteiger partial charge on any atom is -0.387 e. The van der Waals surface area contributed by atoms with Gasteiger partial charge in [0.05, 0.1) is 24.0 Å². The van der Waals surface area contributed by atoms with Crippen molar-refractivity contribution in [2.24, 2.45) is 5.92 Å². The summed E-state index contributed by atoms with van der Waals surface area (Å²) >= 11 is 1.04. The van der Waals surface area contributed by atoms with Gasteiger partial charge in [0.1, 0.15) is 0 Å². The van der Waals surface area contributed by atoms with E-state index in [1.165, 1.54) is 6.20 Å². The van der Waals surface area contributed by atoms with Crippen LogP contribution >= 0.6 is 11.7 Å². The van der Waals surface area contributed by atoms with Gasteiger partial charge in [0.2, 0.25) is 0 Å². The zero-order chi connectivity index (χ0) is 16.8. The molecular weight excluding hydrogens is 324 g/mol. The van der Waals surface area contributed by atoms with E-state index in [4.69, 9.17) is 0 Å². The number of likely N-dealkylation sites (tertiary alicyclic amines) is 1. The number of piperidine rings is 1. The Bertz CT molecular complexity index is 627. The van der Waals surface area contributed by atoms with Crippen LogP contribution in [0.1, 0.15) is 35.0 Å². The monoisotopic (exact) mass is 346 g/mol. The van der Waals surface area contributed by atoms with E-state index in [0.717, 1.165) is 43.2 Å². The van der Waals surface area contributed by atoms with Gasteiger partial charge >= 0.3 is 0 Å². The summed E-state index contributed by atoms with van der Waals surface area (Å²) in [5.74, 6) is 0.330. The van der Waals surface area contributed by atoms with Crippen molar-refractivity contribution < 1.29 is 9.90 Å². The van der Waals surface area contributed by atoms with Gasteiger partial charge in [-0.1, -0.05) is 30.3 Å². The Morgan fingerprint density at radius 3 is 2.75 bits per heavy atom. The summed E-state index contributed by atoms with van der Waals surface area (Å²) in [5.41, 5.74) is 1.35. The highest BCUT2D eigenvalue weighted by molar-refractivity contribution is 6.99. The third kappa shape index (κ3) is 4.59. The smallest absolute Gasteiger partial charge is 0.272 e. The molecule has 1 saturated heterocycles. The fourth-order valence-corrected chi connectivity index (χ4v) is 3.40. The number of nitrogens with zero attached hydrogens (tertiary/aromatic N) is 3. The molecule has 7 heteroatoms. The maximum Gasteiger partial charge on any atom is 0.272 e. The molecule has 0 saturated carbocycles. The average molecular weight is 346 g/mol. The van der Waals surface area contributed by atoms with Gasteiger partial charge in [-0.05, 0) is 37.4 Å². The maximum atomic E-state index is 11.9. The zero-order valence-electron chi connectivity index (χ0n) is 13.5. The Labute approximate surface area is 145 Å². The van der Waals surface area contributed by atoms with Gasteiger partial charge < -0.3 is 15.3 Å². The number of β-amino-alcohol motifs (C(OH)–C–C–N with tert-alkyl or cyclic N) is 1. The van der Waals surface area contributed by atoms with E-state index in [1.807, 2.05) is 30.3 Å². The van der Waals surface area contributed by atoms with Crippen molar-refractivity contribution in [2.45, 2.75) is 18.9 Å². The first-order valence-electron chi connectivity index (χ1n) is 8.23. The summed E-state index contributed by atoms with van der Waals surface area (Å²) in [6, 6.07) is 9.77. The Hall–Kier alpha value is -1.83. The molecule has 0 spiro atoms. The van der Waals surface area contributed by atoms with Crippen molar-refractivity contribution in [3.63, 3.8) is 0 Å². The molecule has 2 N–H and O–H groups in total. The van der Waals surface area contributed by atoms with Gasteiger partial charge in [0.15, 0.2) is 5.69 Å². The molecule has 1 atom stereocenters. The fraction of sp³-hybridized carbons (Fsp3) is 0.471. The van der Waals surface area contributed by atoms with Crippen molar-refractivity contribution >= 4 is 17.6 Å². The van der Waals surface area contributed by atoms with Crippen LogP contribution in [0.2, 0.25) is 0 Å². The number of rotatable bonds is 6. The van der Waals surface area contributed by atoms with Crippen LogP contribution in [0.15, 0.2) is 36.5 Å². The molecule has 1 aromatic carbocycles. The second-order valence-electron chi connectivity index (χ2n) is 6.17. The molecule has 1 amide bonds. The molecule has 2 aromatic rings. The molecule has 2 heterocycles. The van der Waals surface area contributed by atoms with Gasteiger partial charge in [-0.25, -0.2) is 0 Å². The summed E-state index contributed by atoms with van der Waals surface area (Å²) < 4.78 is 7.78. The Kier molecular flexibility index (Phi) is 5.90. The number of benzene rings is 1. The molecule has 0 aliphatic carbocycles. The quantitative estimate of drug-likeness (QED) is 0.833. The molecule has 0 bridgehead atoms. The summed E-state index contributed by atoms with van der Waals surface area (Å²) in [5, 5.41) is 13.2. The second-order valence-corrected chi connectivity index (χ2v) is 6.73. The SMILES string of the molecule is O=C(NCC1CCN(C[C@@H](O)c2ccccc2)CC1)c1cnsn1. The van der Waals surface area contributed by atoms with Crippen molar-refractivity contribution in [2.75, 3.05) is 26.2 Å². The van der Waals surface area contributed by atoms with Crippen LogP contribution in [0.3, 0.4) is 0 Å². The van der Waals surface area contributed by atoms with E-state index < -0.39 is 6.10 Å². The van der Waals surface area contributed by atoms with Crippen LogP contribution in [-0.4, -0.2) is 50.8 Å². The first-order chi connectivity index (χ1) is 11.7. The van der Waals surface area contributed by atoms with Crippen molar-refractivity contribution in [3.8, 4) is 0 Å². The molecule has 0 unspecified atom stereocenters. The van der Waals surface area contributed by atoms with Gasteiger partial charge in [-0.3, -0.25) is 4.79 Å². The molecule has 1 aliphatic rings. The lowest BCUT2D eigenvalue weighted by Gasteiger charge is -2.33. The lowest BCUT2D eigenvalue weighted by atomic mass is 9.96. The molecule has 6 nitrogen and oxygen atoms in total. The second kappa shape index (κ2) is 8.32. The van der Waals surface area contributed by atoms with Gasteiger partial charge in [0.25, 0.3) is 5.91 Å². The first-order valence-corrected chi connectivity index (χ1v) is 8.96. The van der Waals surface area contributed by atoms with Crippen LogP contribution in [0, 0.1) is 5.92 Å². The number of hydrogen-bond donors (Lipinski definition) is 2. The average Bonchev–Trinajstić information content (AvgIpc) is 3.16. The van der Waals surface area contributed by atoms with Crippen LogP contribution in [0.25, 0.3) is 0 Å². The highest BCUT2D eigenvalue weighted by Crippen LogP contribution is 2.20. The number of amides is 1. The largest absolute Gasteiger partial charge is 0.387 e. The van der Waals surface area contributed by atoms with Crippen LogP contribution < -0.4 is 5.32 Å². The number of aliphatic hydroxyl groups is 1. The Morgan fingerprint density at radius 2 is 2.08 bits per heavy atom. The number of carbonyl (C=O) groups excluding carboxylic acids is 1. The molecule has 128 valence electrons. The zero-order valence-corrected chi connectivity index (χ0v) is 14.3. The Morgan fingerprint density at radius 1 is 1.33 bits per heavy atom. The Balaban J connectivity index is 1.39. The number of carbonyl (C=O) groups is 1. The molecule has 1 aliphatic heterocycles. The molecule has 1 aromatic heterocycles. The number of hydrogen-bond acceptors (Lipinski definition) is 6. The summed E-state index contributed by atoms with van der Waals surface area (Å²) in [6.07, 6.45) is 3.10. The summed E-state index contributed by atoms with van der Waals surface area (Å²) in [4.78, 5) is 14.2. The minimum atomic E-state index is -0.445. The van der Waals surface area contributed by atoms with E-state index in [9.17, 15) is 9.90 Å². The predicted octanol–water partition coefficient (Wildman–Crippen LogP) is 1.71. The van der Waals surface area contributed by atoms with Crippen molar-refractivity contribution in [3.05, 3.63) is 47.8 Å². The van der Waals surface area contributed by atoms with Crippen molar-refractivity contribution in [1.29, 1.82) is 0 Å². The highest BCUT2D eigenvalue weighted by Gasteiger charge is 2.22. The number of aromatic nitrogens is 2. The van der Waals surface area contributed by atoms with Crippen LogP contribution in [0.4, 0.5) is 0 Å². The van der Waals surface area contributed by atoms with Gasteiger partial charge in [0, 0.05) is 13.1 Å². The fourth-order valence-electron chi connectivity index (χ4n) is 2.99. The summed E-state index contributed by atoms with van der Waals surface area (Å²) in [6.45, 7) is 3.23.